The van der Waals surface area contributed by atoms with Crippen LogP contribution >= 0.6 is 24.0 Å². The van der Waals surface area contributed by atoms with Crippen LogP contribution in [0.15, 0.2) is 53.6 Å². The number of amides is 1. The molecule has 3 rings (SSSR count). The fourth-order valence-electron chi connectivity index (χ4n) is 1.90. The maximum absolute atomic E-state index is 13.8. The predicted molar refractivity (Wildman–Crippen MR) is 86.3 cm³/mol. The Kier molecular flexibility index (Phi) is 3.81. The minimum Gasteiger partial charge on any atom is -0.268 e. The van der Waals surface area contributed by atoms with E-state index in [0.29, 0.717) is 14.9 Å². The number of nitrogens with zero attached hydrogens (tertiary/aromatic N) is 2. The Morgan fingerprint density at radius 3 is 2.67 bits per heavy atom. The maximum atomic E-state index is 13.8. The summed E-state index contributed by atoms with van der Waals surface area (Å²) in [5.74, 6) is -0.811. The van der Waals surface area contributed by atoms with Crippen LogP contribution in [0.4, 0.5) is 10.1 Å². The van der Waals surface area contributed by atoms with Gasteiger partial charge in [-0.05, 0) is 30.3 Å². The highest BCUT2D eigenvalue weighted by Gasteiger charge is 2.34. The fourth-order valence-corrected chi connectivity index (χ4v) is 3.17. The monoisotopic (exact) mass is 316 g/mol. The number of hydrogen-bond donors (Lipinski definition) is 0. The van der Waals surface area contributed by atoms with Crippen molar-refractivity contribution in [3.05, 3.63) is 65.1 Å². The fraction of sp³-hybridized carbons (Fsp3) is 0. The average Bonchev–Trinajstić information content (AvgIpc) is 2.76. The molecule has 1 fully saturated rings. The van der Waals surface area contributed by atoms with Gasteiger partial charge in [0.2, 0.25) is 0 Å². The lowest BCUT2D eigenvalue weighted by molar-refractivity contribution is -0.113. The molecule has 3 nitrogen and oxygen atoms in total. The number of anilines is 1. The first-order valence-corrected chi connectivity index (χ1v) is 7.33. The summed E-state index contributed by atoms with van der Waals surface area (Å²) in [4.78, 5) is 18.2. The van der Waals surface area contributed by atoms with Gasteiger partial charge in [-0.15, -0.1) is 0 Å². The van der Waals surface area contributed by atoms with Crippen molar-refractivity contribution in [1.29, 1.82) is 0 Å². The second kappa shape index (κ2) is 5.75. The molecule has 0 atom stereocenters. The van der Waals surface area contributed by atoms with E-state index in [0.717, 1.165) is 11.8 Å². The zero-order valence-corrected chi connectivity index (χ0v) is 12.3. The third-order valence-electron chi connectivity index (χ3n) is 2.85. The van der Waals surface area contributed by atoms with Gasteiger partial charge in [0.1, 0.15) is 5.82 Å². The third kappa shape index (κ3) is 2.72. The van der Waals surface area contributed by atoms with Crippen LogP contribution in [0, 0.1) is 5.82 Å². The molecule has 2 heterocycles. The molecule has 0 bridgehead atoms. The summed E-state index contributed by atoms with van der Waals surface area (Å²) in [6.07, 6.45) is 3.30. The summed E-state index contributed by atoms with van der Waals surface area (Å²) in [6, 6.07) is 11.5. The summed E-state index contributed by atoms with van der Waals surface area (Å²) in [7, 11) is 0. The molecule has 6 heteroatoms. The SMILES string of the molecule is O=C1C(=Cc2ccccn2)SC(=S)N1c1ccccc1F. The highest BCUT2D eigenvalue weighted by Crippen LogP contribution is 2.36. The Labute approximate surface area is 130 Å². The molecule has 1 amide bonds. The molecular formula is C15H9FN2OS2. The summed E-state index contributed by atoms with van der Waals surface area (Å²) in [6.45, 7) is 0. The molecule has 104 valence electrons. The van der Waals surface area contributed by atoms with Crippen LogP contribution in [0.25, 0.3) is 6.08 Å². The number of rotatable bonds is 2. The van der Waals surface area contributed by atoms with Crippen molar-refractivity contribution in [3.8, 4) is 0 Å². The van der Waals surface area contributed by atoms with Crippen molar-refractivity contribution < 1.29 is 9.18 Å². The maximum Gasteiger partial charge on any atom is 0.270 e. The van der Waals surface area contributed by atoms with Gasteiger partial charge >= 0.3 is 0 Å². The Morgan fingerprint density at radius 2 is 1.95 bits per heavy atom. The molecular weight excluding hydrogens is 307 g/mol. The van der Waals surface area contributed by atoms with E-state index >= 15 is 0 Å². The largest absolute Gasteiger partial charge is 0.270 e. The second-order valence-corrected chi connectivity index (χ2v) is 5.90. The van der Waals surface area contributed by atoms with Crippen molar-refractivity contribution in [2.45, 2.75) is 0 Å². The molecule has 0 saturated carbocycles. The number of hydrogen-bond acceptors (Lipinski definition) is 4. The number of carbonyl (C=O) groups excluding carboxylic acids is 1. The summed E-state index contributed by atoms with van der Waals surface area (Å²) < 4.78 is 14.2. The van der Waals surface area contributed by atoms with E-state index in [-0.39, 0.29) is 11.6 Å². The van der Waals surface area contributed by atoms with Crippen LogP contribution in [0.5, 0.6) is 0 Å². The van der Waals surface area contributed by atoms with E-state index in [1.807, 2.05) is 6.07 Å². The zero-order chi connectivity index (χ0) is 14.8. The zero-order valence-electron chi connectivity index (χ0n) is 10.7. The Hall–Kier alpha value is -2.05. The number of para-hydroxylation sites is 1. The van der Waals surface area contributed by atoms with Gasteiger partial charge in [0.25, 0.3) is 5.91 Å². The second-order valence-electron chi connectivity index (χ2n) is 4.22. The molecule has 0 radical (unpaired) electrons. The number of benzene rings is 1. The van der Waals surface area contributed by atoms with E-state index in [2.05, 4.69) is 4.98 Å². The third-order valence-corrected chi connectivity index (χ3v) is 4.16. The van der Waals surface area contributed by atoms with Gasteiger partial charge in [0.15, 0.2) is 4.32 Å². The van der Waals surface area contributed by atoms with Gasteiger partial charge in [0, 0.05) is 6.20 Å². The van der Waals surface area contributed by atoms with Gasteiger partial charge in [-0.25, -0.2) is 4.39 Å². The van der Waals surface area contributed by atoms with Gasteiger partial charge in [-0.3, -0.25) is 14.7 Å². The Morgan fingerprint density at radius 1 is 1.19 bits per heavy atom. The molecule has 1 aliphatic rings. The molecule has 0 unspecified atom stereocenters. The number of thiocarbonyl (C=S) groups is 1. The molecule has 0 N–H and O–H groups in total. The first-order valence-electron chi connectivity index (χ1n) is 6.10. The van der Waals surface area contributed by atoms with Gasteiger partial charge < -0.3 is 0 Å². The molecule has 2 aromatic rings. The molecule has 0 aliphatic carbocycles. The first-order chi connectivity index (χ1) is 10.2. The van der Waals surface area contributed by atoms with Crippen LogP contribution < -0.4 is 4.90 Å². The summed E-state index contributed by atoms with van der Waals surface area (Å²) in [5.41, 5.74) is 0.830. The standard InChI is InChI=1S/C15H9FN2OS2/c16-11-6-1-2-7-12(11)18-14(19)13(21-15(18)20)9-10-5-3-4-8-17-10/h1-9H. The average molecular weight is 316 g/mol. The lowest BCUT2D eigenvalue weighted by atomic mass is 10.2. The van der Waals surface area contributed by atoms with Crippen molar-refractivity contribution in [1.82, 2.24) is 4.98 Å². The van der Waals surface area contributed by atoms with Crippen LogP contribution in [0.2, 0.25) is 0 Å². The quantitative estimate of drug-likeness (QED) is 0.626. The number of thioether (sulfide) groups is 1. The molecule has 1 saturated heterocycles. The van der Waals surface area contributed by atoms with Gasteiger partial charge in [-0.1, -0.05) is 42.2 Å². The predicted octanol–water partition coefficient (Wildman–Crippen LogP) is 3.63. The van der Waals surface area contributed by atoms with E-state index in [9.17, 15) is 9.18 Å². The van der Waals surface area contributed by atoms with Crippen LogP contribution in [0.1, 0.15) is 5.69 Å². The number of aromatic nitrogens is 1. The summed E-state index contributed by atoms with van der Waals surface area (Å²) in [5, 5.41) is 0. The van der Waals surface area contributed by atoms with Crippen LogP contribution in [-0.4, -0.2) is 15.2 Å². The molecule has 1 aromatic carbocycles. The van der Waals surface area contributed by atoms with E-state index in [4.69, 9.17) is 12.2 Å². The van der Waals surface area contributed by atoms with Gasteiger partial charge in [-0.2, -0.15) is 0 Å². The van der Waals surface area contributed by atoms with Gasteiger partial charge in [0.05, 0.1) is 16.3 Å². The van der Waals surface area contributed by atoms with Crippen molar-refractivity contribution in [3.63, 3.8) is 0 Å². The van der Waals surface area contributed by atoms with Crippen molar-refractivity contribution in [2.24, 2.45) is 0 Å². The highest BCUT2D eigenvalue weighted by molar-refractivity contribution is 8.27. The Bertz CT molecular complexity index is 746. The molecule has 0 spiro atoms. The molecule has 1 aliphatic heterocycles. The van der Waals surface area contributed by atoms with Crippen LogP contribution in [-0.2, 0) is 4.79 Å². The lowest BCUT2D eigenvalue weighted by Crippen LogP contribution is -2.28. The normalized spacial score (nSPS) is 16.8. The molecule has 21 heavy (non-hydrogen) atoms. The van der Waals surface area contributed by atoms with Crippen LogP contribution in [0.3, 0.4) is 0 Å². The lowest BCUT2D eigenvalue weighted by Gasteiger charge is -2.14. The van der Waals surface area contributed by atoms with E-state index in [1.165, 1.54) is 17.0 Å². The van der Waals surface area contributed by atoms with E-state index in [1.54, 1.807) is 36.5 Å². The summed E-state index contributed by atoms with van der Waals surface area (Å²) >= 11 is 6.34. The highest BCUT2D eigenvalue weighted by atomic mass is 32.2. The topological polar surface area (TPSA) is 33.2 Å². The first kappa shape index (κ1) is 13.9. The van der Waals surface area contributed by atoms with Crippen molar-refractivity contribution in [2.75, 3.05) is 4.90 Å². The molecule has 1 aromatic heterocycles. The van der Waals surface area contributed by atoms with E-state index < -0.39 is 5.82 Å². The minimum absolute atomic E-state index is 0.171. The smallest absolute Gasteiger partial charge is 0.268 e. The number of carbonyl (C=O) groups is 1. The number of pyridine rings is 1. The minimum atomic E-state index is -0.479. The number of halogens is 1. The Balaban J connectivity index is 1.97. The van der Waals surface area contributed by atoms with Crippen molar-refractivity contribution >= 4 is 46.0 Å².